The molecule has 0 aliphatic heterocycles. The van der Waals surface area contributed by atoms with Crippen LogP contribution in [0.25, 0.3) is 10.8 Å². The second-order valence-corrected chi connectivity index (χ2v) is 4.95. The van der Waals surface area contributed by atoms with E-state index in [0.717, 1.165) is 35.1 Å². The third-order valence-corrected chi connectivity index (χ3v) is 3.67. The van der Waals surface area contributed by atoms with Gasteiger partial charge in [0.25, 0.3) is 0 Å². The SMILES string of the molecule is Nc1c(OC2CCCCC2)ccc2cnccc12. The molecule has 0 radical (unpaired) electrons. The van der Waals surface area contributed by atoms with E-state index in [1.165, 1.54) is 19.3 Å². The highest BCUT2D eigenvalue weighted by atomic mass is 16.5. The summed E-state index contributed by atoms with van der Waals surface area (Å²) in [5.41, 5.74) is 6.92. The standard InChI is InChI=1S/C15H18N2O/c16-15-13-8-9-17-10-11(13)6-7-14(15)18-12-4-2-1-3-5-12/h6-10,12H,1-5,16H2. The number of anilines is 1. The van der Waals surface area contributed by atoms with Gasteiger partial charge in [-0.2, -0.15) is 0 Å². The van der Waals surface area contributed by atoms with Gasteiger partial charge in [-0.3, -0.25) is 4.98 Å². The van der Waals surface area contributed by atoms with Gasteiger partial charge in [0.05, 0.1) is 11.8 Å². The molecule has 1 aromatic heterocycles. The highest BCUT2D eigenvalue weighted by molar-refractivity contribution is 5.95. The van der Waals surface area contributed by atoms with Crippen LogP contribution in [0.4, 0.5) is 5.69 Å². The maximum absolute atomic E-state index is 6.18. The van der Waals surface area contributed by atoms with E-state index < -0.39 is 0 Å². The lowest BCUT2D eigenvalue weighted by Crippen LogP contribution is -2.20. The van der Waals surface area contributed by atoms with E-state index >= 15 is 0 Å². The number of hydrogen-bond donors (Lipinski definition) is 1. The van der Waals surface area contributed by atoms with Gasteiger partial charge in [0.15, 0.2) is 0 Å². The lowest BCUT2D eigenvalue weighted by atomic mass is 9.98. The third-order valence-electron chi connectivity index (χ3n) is 3.67. The number of pyridine rings is 1. The normalized spacial score (nSPS) is 16.9. The van der Waals surface area contributed by atoms with Crippen molar-refractivity contribution in [3.8, 4) is 5.75 Å². The molecule has 0 saturated heterocycles. The van der Waals surface area contributed by atoms with Crippen molar-refractivity contribution in [2.75, 3.05) is 5.73 Å². The predicted molar refractivity (Wildman–Crippen MR) is 73.7 cm³/mol. The maximum atomic E-state index is 6.18. The van der Waals surface area contributed by atoms with Gasteiger partial charge in [-0.1, -0.05) is 6.42 Å². The molecule has 1 heterocycles. The van der Waals surface area contributed by atoms with E-state index in [9.17, 15) is 0 Å². The van der Waals surface area contributed by atoms with Crippen LogP contribution in [0.1, 0.15) is 32.1 Å². The van der Waals surface area contributed by atoms with E-state index in [-0.39, 0.29) is 0 Å². The van der Waals surface area contributed by atoms with Gasteiger partial charge in [0.1, 0.15) is 5.75 Å². The quantitative estimate of drug-likeness (QED) is 0.819. The Bertz CT molecular complexity index is 547. The molecule has 1 aliphatic carbocycles. The highest BCUT2D eigenvalue weighted by Gasteiger charge is 2.16. The first kappa shape index (κ1) is 11.3. The highest BCUT2D eigenvalue weighted by Crippen LogP contribution is 2.32. The number of benzene rings is 1. The molecule has 1 aromatic carbocycles. The van der Waals surface area contributed by atoms with Crippen molar-refractivity contribution in [2.45, 2.75) is 38.2 Å². The summed E-state index contributed by atoms with van der Waals surface area (Å²) in [6.07, 6.45) is 10.1. The lowest BCUT2D eigenvalue weighted by Gasteiger charge is -2.24. The van der Waals surface area contributed by atoms with Crippen LogP contribution >= 0.6 is 0 Å². The molecule has 0 unspecified atom stereocenters. The molecule has 1 saturated carbocycles. The fraction of sp³-hybridized carbons (Fsp3) is 0.400. The Balaban J connectivity index is 1.89. The molecule has 1 aliphatic rings. The summed E-state index contributed by atoms with van der Waals surface area (Å²) in [5.74, 6) is 0.820. The van der Waals surface area contributed by atoms with Crippen LogP contribution < -0.4 is 10.5 Å². The van der Waals surface area contributed by atoms with Gasteiger partial charge >= 0.3 is 0 Å². The van der Waals surface area contributed by atoms with Crippen LogP contribution in [-0.4, -0.2) is 11.1 Å². The van der Waals surface area contributed by atoms with E-state index in [1.807, 2.05) is 24.4 Å². The van der Waals surface area contributed by atoms with Crippen molar-refractivity contribution in [1.29, 1.82) is 0 Å². The fourth-order valence-corrected chi connectivity index (χ4v) is 2.64. The molecule has 2 aromatic rings. The van der Waals surface area contributed by atoms with E-state index in [2.05, 4.69) is 4.98 Å². The summed E-state index contributed by atoms with van der Waals surface area (Å²) >= 11 is 0. The molecular formula is C15H18N2O. The van der Waals surface area contributed by atoms with Crippen molar-refractivity contribution >= 4 is 16.5 Å². The number of rotatable bonds is 2. The zero-order valence-electron chi connectivity index (χ0n) is 10.4. The molecule has 3 heteroatoms. The second kappa shape index (κ2) is 4.84. The molecule has 0 atom stereocenters. The minimum Gasteiger partial charge on any atom is -0.488 e. The molecule has 18 heavy (non-hydrogen) atoms. The topological polar surface area (TPSA) is 48.1 Å². The Morgan fingerprint density at radius 2 is 1.94 bits per heavy atom. The van der Waals surface area contributed by atoms with Gasteiger partial charge in [-0.15, -0.1) is 0 Å². The zero-order valence-corrected chi connectivity index (χ0v) is 10.4. The molecule has 1 fully saturated rings. The number of nitrogens with zero attached hydrogens (tertiary/aromatic N) is 1. The summed E-state index contributed by atoms with van der Waals surface area (Å²) in [6.45, 7) is 0. The minimum atomic E-state index is 0.334. The summed E-state index contributed by atoms with van der Waals surface area (Å²) < 4.78 is 6.05. The summed E-state index contributed by atoms with van der Waals surface area (Å²) in [5, 5.41) is 2.09. The zero-order chi connectivity index (χ0) is 12.4. The Morgan fingerprint density at radius 1 is 1.11 bits per heavy atom. The van der Waals surface area contributed by atoms with Crippen LogP contribution in [0.5, 0.6) is 5.75 Å². The van der Waals surface area contributed by atoms with Crippen LogP contribution in [0.2, 0.25) is 0 Å². The van der Waals surface area contributed by atoms with E-state index in [1.54, 1.807) is 6.20 Å². The van der Waals surface area contributed by atoms with Crippen LogP contribution in [0, 0.1) is 0 Å². The molecule has 3 nitrogen and oxygen atoms in total. The third kappa shape index (κ3) is 2.13. The monoisotopic (exact) mass is 242 g/mol. The molecule has 94 valence electrons. The molecule has 3 rings (SSSR count). The smallest absolute Gasteiger partial charge is 0.143 e. The minimum absolute atomic E-state index is 0.334. The maximum Gasteiger partial charge on any atom is 0.143 e. The van der Waals surface area contributed by atoms with Gasteiger partial charge in [-0.05, 0) is 43.9 Å². The van der Waals surface area contributed by atoms with Crippen molar-refractivity contribution in [2.24, 2.45) is 0 Å². The van der Waals surface area contributed by atoms with E-state index in [4.69, 9.17) is 10.5 Å². The number of fused-ring (bicyclic) bond motifs is 1. The van der Waals surface area contributed by atoms with Gasteiger partial charge < -0.3 is 10.5 Å². The second-order valence-electron chi connectivity index (χ2n) is 4.95. The summed E-state index contributed by atoms with van der Waals surface area (Å²) in [4.78, 5) is 4.10. The van der Waals surface area contributed by atoms with Crippen molar-refractivity contribution in [3.63, 3.8) is 0 Å². The Labute approximate surface area is 107 Å². The van der Waals surface area contributed by atoms with Crippen LogP contribution in [0.15, 0.2) is 30.6 Å². The molecular weight excluding hydrogens is 224 g/mol. The molecule has 0 spiro atoms. The van der Waals surface area contributed by atoms with Gasteiger partial charge in [-0.25, -0.2) is 0 Å². The lowest BCUT2D eigenvalue weighted by molar-refractivity contribution is 0.156. The number of nitrogen functional groups attached to an aromatic ring is 1. The number of hydrogen-bond acceptors (Lipinski definition) is 3. The van der Waals surface area contributed by atoms with Crippen LogP contribution in [0.3, 0.4) is 0 Å². The average Bonchev–Trinajstić information content (AvgIpc) is 2.43. The Kier molecular flexibility index (Phi) is 3.05. The van der Waals surface area contributed by atoms with Crippen molar-refractivity contribution in [1.82, 2.24) is 4.98 Å². The van der Waals surface area contributed by atoms with Gasteiger partial charge in [0.2, 0.25) is 0 Å². The first-order valence-electron chi connectivity index (χ1n) is 6.63. The Hall–Kier alpha value is -1.77. The number of ether oxygens (including phenoxy) is 1. The summed E-state index contributed by atoms with van der Waals surface area (Å²) in [6, 6.07) is 5.93. The molecule has 0 bridgehead atoms. The van der Waals surface area contributed by atoms with Crippen molar-refractivity contribution < 1.29 is 4.74 Å². The van der Waals surface area contributed by atoms with Crippen molar-refractivity contribution in [3.05, 3.63) is 30.6 Å². The largest absolute Gasteiger partial charge is 0.488 e. The molecule has 2 N–H and O–H groups in total. The van der Waals surface area contributed by atoms with Crippen LogP contribution in [-0.2, 0) is 0 Å². The first-order valence-corrected chi connectivity index (χ1v) is 6.63. The Morgan fingerprint density at radius 3 is 2.78 bits per heavy atom. The number of aromatic nitrogens is 1. The number of nitrogens with two attached hydrogens (primary N) is 1. The molecule has 0 amide bonds. The van der Waals surface area contributed by atoms with Gasteiger partial charge in [0, 0.05) is 23.2 Å². The first-order chi connectivity index (χ1) is 8.84. The average molecular weight is 242 g/mol. The summed E-state index contributed by atoms with van der Waals surface area (Å²) in [7, 11) is 0. The fourth-order valence-electron chi connectivity index (χ4n) is 2.64. The predicted octanol–water partition coefficient (Wildman–Crippen LogP) is 3.53. The van der Waals surface area contributed by atoms with E-state index in [0.29, 0.717) is 6.10 Å².